The molecule has 0 bridgehead atoms. The average molecular weight is 271 g/mol. The van der Waals surface area contributed by atoms with E-state index in [9.17, 15) is 0 Å². The van der Waals surface area contributed by atoms with Gasteiger partial charge in [-0.05, 0) is 31.2 Å². The van der Waals surface area contributed by atoms with Gasteiger partial charge in [-0.3, -0.25) is 9.97 Å². The molecule has 4 nitrogen and oxygen atoms in total. The van der Waals surface area contributed by atoms with Crippen LogP contribution in [0, 0.1) is 0 Å². The van der Waals surface area contributed by atoms with Gasteiger partial charge in [-0.15, -0.1) is 0 Å². The van der Waals surface area contributed by atoms with Crippen molar-refractivity contribution in [1.82, 2.24) is 15.3 Å². The molecule has 2 aromatic rings. The number of rotatable bonds is 8. The number of nitrogens with zero attached hydrogens (tertiary/aromatic N) is 2. The standard InChI is InChI=1S/C16H21N3O/c1-2-8-17-13-15-12-16(6-10-19-15)20-11-7-14-5-3-4-9-18-14/h3-6,9-10,12,17H,2,7-8,11,13H2,1H3. The van der Waals surface area contributed by atoms with Crippen LogP contribution in [0.15, 0.2) is 42.7 Å². The number of ether oxygens (including phenoxy) is 1. The zero-order chi connectivity index (χ0) is 14.0. The molecule has 0 aromatic carbocycles. The SMILES string of the molecule is CCCNCc1cc(OCCc2ccccn2)ccn1. The van der Waals surface area contributed by atoms with Gasteiger partial charge in [0.05, 0.1) is 12.3 Å². The summed E-state index contributed by atoms with van der Waals surface area (Å²) in [7, 11) is 0. The Morgan fingerprint density at radius 3 is 2.80 bits per heavy atom. The summed E-state index contributed by atoms with van der Waals surface area (Å²) in [5.74, 6) is 0.865. The Morgan fingerprint density at radius 2 is 2.00 bits per heavy atom. The van der Waals surface area contributed by atoms with Crippen molar-refractivity contribution in [2.24, 2.45) is 0 Å². The molecular weight excluding hydrogens is 250 g/mol. The molecule has 0 atom stereocenters. The van der Waals surface area contributed by atoms with Crippen molar-refractivity contribution in [3.05, 3.63) is 54.1 Å². The minimum absolute atomic E-state index is 0.628. The van der Waals surface area contributed by atoms with E-state index in [1.807, 2.05) is 30.3 Å². The fraction of sp³-hybridized carbons (Fsp3) is 0.375. The normalized spacial score (nSPS) is 10.4. The van der Waals surface area contributed by atoms with E-state index in [-0.39, 0.29) is 0 Å². The van der Waals surface area contributed by atoms with Crippen molar-refractivity contribution < 1.29 is 4.74 Å². The van der Waals surface area contributed by atoms with E-state index in [0.717, 1.165) is 43.1 Å². The molecule has 20 heavy (non-hydrogen) atoms. The third kappa shape index (κ3) is 4.97. The van der Waals surface area contributed by atoms with E-state index in [4.69, 9.17) is 4.74 Å². The lowest BCUT2D eigenvalue weighted by Gasteiger charge is -2.08. The lowest BCUT2D eigenvalue weighted by atomic mass is 10.3. The predicted molar refractivity (Wildman–Crippen MR) is 79.7 cm³/mol. The molecule has 0 aliphatic heterocycles. The molecule has 0 unspecified atom stereocenters. The largest absolute Gasteiger partial charge is 0.493 e. The van der Waals surface area contributed by atoms with E-state index in [0.29, 0.717) is 6.61 Å². The third-order valence-corrected chi connectivity index (χ3v) is 2.87. The van der Waals surface area contributed by atoms with Gasteiger partial charge in [0.15, 0.2) is 0 Å². The summed E-state index contributed by atoms with van der Waals surface area (Å²) in [6.45, 7) is 4.57. The molecule has 2 heterocycles. The Kier molecular flexibility index (Phi) is 5.99. The summed E-state index contributed by atoms with van der Waals surface area (Å²) in [4.78, 5) is 8.60. The van der Waals surface area contributed by atoms with Gasteiger partial charge >= 0.3 is 0 Å². The van der Waals surface area contributed by atoms with Crippen LogP contribution in [0.4, 0.5) is 0 Å². The van der Waals surface area contributed by atoms with Crippen LogP contribution >= 0.6 is 0 Å². The molecule has 0 saturated carbocycles. The molecule has 1 N–H and O–H groups in total. The second kappa shape index (κ2) is 8.27. The highest BCUT2D eigenvalue weighted by molar-refractivity contribution is 5.22. The fourth-order valence-electron chi connectivity index (χ4n) is 1.86. The lowest BCUT2D eigenvalue weighted by molar-refractivity contribution is 0.319. The molecule has 0 radical (unpaired) electrons. The summed E-state index contributed by atoms with van der Waals surface area (Å²) < 4.78 is 5.75. The molecule has 0 spiro atoms. The van der Waals surface area contributed by atoms with E-state index in [2.05, 4.69) is 22.2 Å². The van der Waals surface area contributed by atoms with Crippen LogP contribution in [-0.2, 0) is 13.0 Å². The van der Waals surface area contributed by atoms with Crippen molar-refractivity contribution >= 4 is 0 Å². The molecule has 0 amide bonds. The highest BCUT2D eigenvalue weighted by Crippen LogP contribution is 2.11. The van der Waals surface area contributed by atoms with Gasteiger partial charge in [-0.2, -0.15) is 0 Å². The van der Waals surface area contributed by atoms with Crippen molar-refractivity contribution in [3.63, 3.8) is 0 Å². The quantitative estimate of drug-likeness (QED) is 0.750. The van der Waals surface area contributed by atoms with Gasteiger partial charge in [0, 0.05) is 37.1 Å². The molecule has 0 aliphatic rings. The molecule has 4 heteroatoms. The second-order valence-corrected chi connectivity index (χ2v) is 4.58. The van der Waals surface area contributed by atoms with Crippen molar-refractivity contribution in [1.29, 1.82) is 0 Å². The van der Waals surface area contributed by atoms with Crippen LogP contribution in [0.3, 0.4) is 0 Å². The Balaban J connectivity index is 1.79. The first-order valence-electron chi connectivity index (χ1n) is 7.07. The van der Waals surface area contributed by atoms with Crippen LogP contribution in [0.5, 0.6) is 5.75 Å². The van der Waals surface area contributed by atoms with Gasteiger partial charge in [0.1, 0.15) is 5.75 Å². The summed E-state index contributed by atoms with van der Waals surface area (Å²) in [6.07, 6.45) is 5.53. The van der Waals surface area contributed by atoms with E-state index >= 15 is 0 Å². The Hall–Kier alpha value is -1.94. The molecule has 0 aliphatic carbocycles. The van der Waals surface area contributed by atoms with Gasteiger partial charge in [0.25, 0.3) is 0 Å². The van der Waals surface area contributed by atoms with Gasteiger partial charge in [-0.25, -0.2) is 0 Å². The Morgan fingerprint density at radius 1 is 1.10 bits per heavy atom. The summed E-state index contributed by atoms with van der Waals surface area (Å²) in [5, 5.41) is 3.33. The van der Waals surface area contributed by atoms with Gasteiger partial charge in [0.2, 0.25) is 0 Å². The number of hydrogen-bond acceptors (Lipinski definition) is 4. The van der Waals surface area contributed by atoms with Crippen molar-refractivity contribution in [3.8, 4) is 5.75 Å². The van der Waals surface area contributed by atoms with Crippen molar-refractivity contribution in [2.75, 3.05) is 13.2 Å². The lowest BCUT2D eigenvalue weighted by Crippen LogP contribution is -2.14. The minimum atomic E-state index is 0.628. The molecular formula is C16H21N3O. The van der Waals surface area contributed by atoms with Crippen molar-refractivity contribution in [2.45, 2.75) is 26.3 Å². The third-order valence-electron chi connectivity index (χ3n) is 2.87. The first-order chi connectivity index (χ1) is 9.88. The number of pyridine rings is 2. The summed E-state index contributed by atoms with van der Waals surface area (Å²) in [6, 6.07) is 9.80. The number of aromatic nitrogens is 2. The first-order valence-corrected chi connectivity index (χ1v) is 7.07. The Labute approximate surface area is 120 Å². The predicted octanol–water partition coefficient (Wildman–Crippen LogP) is 2.60. The summed E-state index contributed by atoms with van der Waals surface area (Å²) >= 11 is 0. The van der Waals surface area contributed by atoms with Gasteiger partial charge in [-0.1, -0.05) is 13.0 Å². The molecule has 0 saturated heterocycles. The van der Waals surface area contributed by atoms with Crippen LogP contribution < -0.4 is 10.1 Å². The molecule has 2 rings (SSSR count). The average Bonchev–Trinajstić information content (AvgIpc) is 2.49. The van der Waals surface area contributed by atoms with Crippen LogP contribution in [0.1, 0.15) is 24.7 Å². The monoisotopic (exact) mass is 271 g/mol. The van der Waals surface area contributed by atoms with Crippen LogP contribution in [-0.4, -0.2) is 23.1 Å². The highest BCUT2D eigenvalue weighted by Gasteiger charge is 1.99. The Bertz CT molecular complexity index is 502. The molecule has 106 valence electrons. The number of nitrogens with one attached hydrogen (secondary N) is 1. The maximum atomic E-state index is 5.75. The first kappa shape index (κ1) is 14.5. The fourth-order valence-corrected chi connectivity index (χ4v) is 1.86. The second-order valence-electron chi connectivity index (χ2n) is 4.58. The zero-order valence-corrected chi connectivity index (χ0v) is 11.9. The zero-order valence-electron chi connectivity index (χ0n) is 11.9. The van der Waals surface area contributed by atoms with E-state index in [1.54, 1.807) is 12.4 Å². The van der Waals surface area contributed by atoms with Crippen LogP contribution in [0.2, 0.25) is 0 Å². The van der Waals surface area contributed by atoms with Gasteiger partial charge < -0.3 is 10.1 Å². The smallest absolute Gasteiger partial charge is 0.122 e. The molecule has 0 fully saturated rings. The van der Waals surface area contributed by atoms with Crippen LogP contribution in [0.25, 0.3) is 0 Å². The van der Waals surface area contributed by atoms with E-state index in [1.165, 1.54) is 0 Å². The number of hydrogen-bond donors (Lipinski definition) is 1. The maximum absolute atomic E-state index is 5.75. The topological polar surface area (TPSA) is 47.0 Å². The maximum Gasteiger partial charge on any atom is 0.122 e. The minimum Gasteiger partial charge on any atom is -0.493 e. The summed E-state index contributed by atoms with van der Waals surface area (Å²) in [5.41, 5.74) is 2.06. The molecule has 2 aromatic heterocycles. The highest BCUT2D eigenvalue weighted by atomic mass is 16.5. The van der Waals surface area contributed by atoms with E-state index < -0.39 is 0 Å².